The highest BCUT2D eigenvalue weighted by Crippen LogP contribution is 2.25. The fraction of sp³-hybridized carbons (Fsp3) is 0.846. The lowest BCUT2D eigenvalue weighted by atomic mass is 9.97. The third-order valence-corrected chi connectivity index (χ3v) is 4.00. The Morgan fingerprint density at radius 3 is 2.65 bits per heavy atom. The molecule has 1 saturated heterocycles. The Bertz CT molecular complexity index is 288. The number of amides is 2. The zero-order valence-electron chi connectivity index (χ0n) is 10.6. The van der Waals surface area contributed by atoms with Crippen molar-refractivity contribution in [1.29, 1.82) is 0 Å². The van der Waals surface area contributed by atoms with E-state index in [1.165, 1.54) is 25.7 Å². The van der Waals surface area contributed by atoms with E-state index in [0.29, 0.717) is 25.3 Å². The zero-order chi connectivity index (χ0) is 12.3. The van der Waals surface area contributed by atoms with Crippen LogP contribution in [-0.4, -0.2) is 36.9 Å². The third-order valence-electron chi connectivity index (χ3n) is 4.00. The summed E-state index contributed by atoms with van der Waals surface area (Å²) in [7, 11) is 1.90. The maximum Gasteiger partial charge on any atom is 0.227 e. The summed E-state index contributed by atoms with van der Waals surface area (Å²) in [5.74, 6) is 0.977. The summed E-state index contributed by atoms with van der Waals surface area (Å²) >= 11 is 0. The summed E-state index contributed by atoms with van der Waals surface area (Å²) in [5.41, 5.74) is 0. The molecule has 0 bridgehead atoms. The molecule has 2 rings (SSSR count). The predicted octanol–water partition coefficient (Wildman–Crippen LogP) is 1.16. The van der Waals surface area contributed by atoms with Crippen LogP contribution in [0.4, 0.5) is 0 Å². The predicted molar refractivity (Wildman–Crippen MR) is 65.3 cm³/mol. The first kappa shape index (κ1) is 12.4. The van der Waals surface area contributed by atoms with Gasteiger partial charge in [0.05, 0.1) is 5.92 Å². The highest BCUT2D eigenvalue weighted by molar-refractivity contribution is 5.83. The second kappa shape index (κ2) is 5.52. The van der Waals surface area contributed by atoms with Crippen LogP contribution in [0.15, 0.2) is 0 Å². The molecule has 2 amide bonds. The van der Waals surface area contributed by atoms with Gasteiger partial charge in [-0.15, -0.1) is 0 Å². The van der Waals surface area contributed by atoms with Crippen LogP contribution in [-0.2, 0) is 9.59 Å². The van der Waals surface area contributed by atoms with E-state index in [4.69, 9.17) is 0 Å². The van der Waals surface area contributed by atoms with Crippen LogP contribution in [0, 0.1) is 11.8 Å². The summed E-state index contributed by atoms with van der Waals surface area (Å²) in [6, 6.07) is 0. The van der Waals surface area contributed by atoms with Crippen LogP contribution in [0.25, 0.3) is 0 Å². The molecule has 1 unspecified atom stereocenters. The van der Waals surface area contributed by atoms with Crippen molar-refractivity contribution in [2.45, 2.75) is 38.5 Å². The van der Waals surface area contributed by atoms with Crippen LogP contribution in [0.1, 0.15) is 38.5 Å². The lowest BCUT2D eigenvalue weighted by molar-refractivity contribution is -0.136. The number of piperidine rings is 1. The monoisotopic (exact) mass is 238 g/mol. The Kier molecular flexibility index (Phi) is 4.02. The largest absolute Gasteiger partial charge is 0.355 e. The van der Waals surface area contributed by atoms with Gasteiger partial charge in [-0.2, -0.15) is 0 Å². The normalized spacial score (nSPS) is 25.7. The zero-order valence-corrected chi connectivity index (χ0v) is 10.6. The molecule has 1 aliphatic heterocycles. The van der Waals surface area contributed by atoms with Crippen molar-refractivity contribution in [3.63, 3.8) is 0 Å². The van der Waals surface area contributed by atoms with E-state index in [1.807, 2.05) is 11.9 Å². The minimum atomic E-state index is -0.000830. The Hall–Kier alpha value is -1.06. The summed E-state index contributed by atoms with van der Waals surface area (Å²) in [5, 5.41) is 2.78. The maximum atomic E-state index is 12.2. The molecule has 0 aromatic carbocycles. The van der Waals surface area contributed by atoms with Gasteiger partial charge in [-0.1, -0.05) is 12.8 Å². The van der Waals surface area contributed by atoms with Crippen LogP contribution in [0.2, 0.25) is 0 Å². The summed E-state index contributed by atoms with van der Waals surface area (Å²) in [6.45, 7) is 1.41. The van der Waals surface area contributed by atoms with Crippen molar-refractivity contribution in [2.24, 2.45) is 11.8 Å². The molecule has 1 N–H and O–H groups in total. The van der Waals surface area contributed by atoms with Gasteiger partial charge in [-0.3, -0.25) is 9.59 Å². The highest BCUT2D eigenvalue weighted by Gasteiger charge is 2.28. The van der Waals surface area contributed by atoms with Crippen molar-refractivity contribution in [3.8, 4) is 0 Å². The SMILES string of the molecule is CN(CC1CCCC1)C(=O)C1CCC(=O)NC1. The number of carbonyl (C=O) groups excluding carboxylic acids is 2. The molecule has 1 saturated carbocycles. The molecule has 2 aliphatic rings. The number of nitrogens with zero attached hydrogens (tertiary/aromatic N) is 1. The van der Waals surface area contributed by atoms with E-state index in [1.54, 1.807) is 0 Å². The molecule has 0 aromatic rings. The first-order valence-corrected chi connectivity index (χ1v) is 6.68. The van der Waals surface area contributed by atoms with Gasteiger partial charge in [0.2, 0.25) is 11.8 Å². The molecule has 4 heteroatoms. The quantitative estimate of drug-likeness (QED) is 0.802. The fourth-order valence-corrected chi connectivity index (χ4v) is 2.93. The minimum absolute atomic E-state index is 0.000830. The van der Waals surface area contributed by atoms with Gasteiger partial charge in [0.25, 0.3) is 0 Å². The maximum absolute atomic E-state index is 12.2. The molecule has 0 radical (unpaired) electrons. The van der Waals surface area contributed by atoms with Crippen LogP contribution in [0.5, 0.6) is 0 Å². The van der Waals surface area contributed by atoms with E-state index >= 15 is 0 Å². The van der Waals surface area contributed by atoms with E-state index in [-0.39, 0.29) is 17.7 Å². The molecule has 1 atom stereocenters. The first-order valence-electron chi connectivity index (χ1n) is 6.68. The molecule has 1 heterocycles. The fourth-order valence-electron chi connectivity index (χ4n) is 2.93. The Balaban J connectivity index is 1.79. The average Bonchev–Trinajstić information content (AvgIpc) is 2.82. The van der Waals surface area contributed by atoms with Crippen molar-refractivity contribution in [1.82, 2.24) is 10.2 Å². The molecule has 0 spiro atoms. The molecule has 4 nitrogen and oxygen atoms in total. The van der Waals surface area contributed by atoms with Gasteiger partial charge < -0.3 is 10.2 Å². The highest BCUT2D eigenvalue weighted by atomic mass is 16.2. The van der Waals surface area contributed by atoms with Crippen molar-refractivity contribution >= 4 is 11.8 Å². The van der Waals surface area contributed by atoms with E-state index in [9.17, 15) is 9.59 Å². The van der Waals surface area contributed by atoms with Crippen molar-refractivity contribution < 1.29 is 9.59 Å². The first-order chi connectivity index (χ1) is 8.16. The molecule has 96 valence electrons. The van der Waals surface area contributed by atoms with Gasteiger partial charge in [0.1, 0.15) is 0 Å². The topological polar surface area (TPSA) is 49.4 Å². The lowest BCUT2D eigenvalue weighted by Gasteiger charge is -2.28. The van der Waals surface area contributed by atoms with Crippen LogP contribution in [0.3, 0.4) is 0 Å². The molecule has 17 heavy (non-hydrogen) atoms. The number of rotatable bonds is 3. The number of hydrogen-bond acceptors (Lipinski definition) is 2. The lowest BCUT2D eigenvalue weighted by Crippen LogP contribution is -2.44. The molecule has 1 aliphatic carbocycles. The second-order valence-corrected chi connectivity index (χ2v) is 5.41. The standard InChI is InChI=1S/C13H22N2O2/c1-15(9-10-4-2-3-5-10)13(17)11-6-7-12(16)14-8-11/h10-11H,2-9H2,1H3,(H,14,16). The summed E-state index contributed by atoms with van der Waals surface area (Å²) in [4.78, 5) is 25.1. The summed E-state index contributed by atoms with van der Waals surface area (Å²) < 4.78 is 0. The van der Waals surface area contributed by atoms with Crippen LogP contribution >= 0.6 is 0 Å². The van der Waals surface area contributed by atoms with Gasteiger partial charge in [-0.05, 0) is 25.2 Å². The number of hydrogen-bond donors (Lipinski definition) is 1. The van der Waals surface area contributed by atoms with E-state index < -0.39 is 0 Å². The van der Waals surface area contributed by atoms with Gasteiger partial charge in [-0.25, -0.2) is 0 Å². The molecule has 0 aromatic heterocycles. The van der Waals surface area contributed by atoms with E-state index in [0.717, 1.165) is 6.54 Å². The van der Waals surface area contributed by atoms with E-state index in [2.05, 4.69) is 5.32 Å². The Labute approximate surface area is 103 Å². The van der Waals surface area contributed by atoms with Gasteiger partial charge >= 0.3 is 0 Å². The molecule has 2 fully saturated rings. The second-order valence-electron chi connectivity index (χ2n) is 5.41. The Morgan fingerprint density at radius 2 is 2.06 bits per heavy atom. The minimum Gasteiger partial charge on any atom is -0.355 e. The Morgan fingerprint density at radius 1 is 1.35 bits per heavy atom. The third kappa shape index (κ3) is 3.20. The molecular weight excluding hydrogens is 216 g/mol. The van der Waals surface area contributed by atoms with Crippen molar-refractivity contribution in [2.75, 3.05) is 20.1 Å². The number of nitrogens with one attached hydrogen (secondary N) is 1. The molecular formula is C13H22N2O2. The van der Waals surface area contributed by atoms with Gasteiger partial charge in [0.15, 0.2) is 0 Å². The van der Waals surface area contributed by atoms with Crippen molar-refractivity contribution in [3.05, 3.63) is 0 Å². The summed E-state index contributed by atoms with van der Waals surface area (Å²) in [6.07, 6.45) is 6.35. The van der Waals surface area contributed by atoms with Gasteiger partial charge in [0, 0.05) is 26.6 Å². The smallest absolute Gasteiger partial charge is 0.227 e. The number of carbonyl (C=O) groups is 2. The average molecular weight is 238 g/mol. The van der Waals surface area contributed by atoms with Crippen LogP contribution < -0.4 is 5.32 Å².